The highest BCUT2D eigenvalue weighted by molar-refractivity contribution is 6.31. The predicted molar refractivity (Wildman–Crippen MR) is 103 cm³/mol. The topological polar surface area (TPSA) is 36.4 Å². The maximum Gasteiger partial charge on any atom is 0.255 e. The van der Waals surface area contributed by atoms with Crippen LogP contribution in [-0.4, -0.2) is 54.4 Å². The monoisotopic (exact) mass is 359 g/mol. The normalized spacial score (nSPS) is 16.0. The number of nitrogens with zero attached hydrogens (tertiary/aromatic N) is 3. The van der Waals surface area contributed by atoms with E-state index in [-0.39, 0.29) is 5.91 Å². The number of piperidine rings is 1. The third-order valence-corrected chi connectivity index (χ3v) is 5.32. The second kappa shape index (κ2) is 7.71. The molecule has 5 heteroatoms. The van der Waals surface area contributed by atoms with E-state index in [2.05, 4.69) is 24.0 Å². The molecule has 0 aliphatic carbocycles. The molecule has 0 unspecified atom stereocenters. The van der Waals surface area contributed by atoms with Crippen LogP contribution in [0, 0.1) is 12.8 Å². The third kappa shape index (κ3) is 4.31. The minimum absolute atomic E-state index is 0.0953. The van der Waals surface area contributed by atoms with Crippen molar-refractivity contribution in [3.05, 3.63) is 40.5 Å². The maximum atomic E-state index is 13.0. The number of rotatable bonds is 4. The van der Waals surface area contributed by atoms with Crippen molar-refractivity contribution in [1.82, 2.24) is 14.8 Å². The Morgan fingerprint density at radius 1 is 1.28 bits per heavy atom. The van der Waals surface area contributed by atoms with Crippen LogP contribution in [0.5, 0.6) is 0 Å². The SMILES string of the molecule is Cc1nc2ccc(Cl)cc2cc1C(=O)N1CCC(CCN(C)C)CC1. The number of aryl methyl sites for hydroxylation is 1. The molecule has 1 fully saturated rings. The van der Waals surface area contributed by atoms with Gasteiger partial charge in [-0.05, 0) is 77.0 Å². The van der Waals surface area contributed by atoms with Crippen LogP contribution in [0.25, 0.3) is 10.9 Å². The van der Waals surface area contributed by atoms with Gasteiger partial charge in [0.2, 0.25) is 0 Å². The van der Waals surface area contributed by atoms with Gasteiger partial charge in [-0.2, -0.15) is 0 Å². The van der Waals surface area contributed by atoms with E-state index in [1.165, 1.54) is 6.42 Å². The fourth-order valence-electron chi connectivity index (χ4n) is 3.50. The van der Waals surface area contributed by atoms with Crippen molar-refractivity contribution in [1.29, 1.82) is 0 Å². The molecule has 3 rings (SSSR count). The van der Waals surface area contributed by atoms with E-state index in [1.54, 1.807) is 0 Å². The number of amides is 1. The first-order valence-electron chi connectivity index (χ1n) is 8.95. The number of aromatic nitrogens is 1. The molecule has 0 saturated carbocycles. The molecular weight excluding hydrogens is 334 g/mol. The maximum absolute atomic E-state index is 13.0. The second-order valence-corrected chi connectivity index (χ2v) is 7.72. The van der Waals surface area contributed by atoms with Gasteiger partial charge in [-0.15, -0.1) is 0 Å². The highest BCUT2D eigenvalue weighted by Crippen LogP contribution is 2.25. The standard InChI is InChI=1S/C20H26ClN3O/c1-14-18(13-16-12-17(21)4-5-19(16)22-14)20(25)24-10-7-15(8-11-24)6-9-23(2)3/h4-5,12-13,15H,6-11H2,1-3H3. The summed E-state index contributed by atoms with van der Waals surface area (Å²) >= 11 is 6.08. The van der Waals surface area contributed by atoms with E-state index >= 15 is 0 Å². The smallest absolute Gasteiger partial charge is 0.255 e. The van der Waals surface area contributed by atoms with E-state index in [1.807, 2.05) is 36.1 Å². The Bertz CT molecular complexity index is 767. The van der Waals surface area contributed by atoms with Crippen LogP contribution in [0.2, 0.25) is 5.02 Å². The molecule has 1 aromatic heterocycles. The zero-order valence-electron chi connectivity index (χ0n) is 15.3. The molecule has 1 amide bonds. The molecule has 0 spiro atoms. The van der Waals surface area contributed by atoms with Gasteiger partial charge in [-0.3, -0.25) is 9.78 Å². The molecule has 25 heavy (non-hydrogen) atoms. The van der Waals surface area contributed by atoms with Gasteiger partial charge in [0.25, 0.3) is 5.91 Å². The number of fused-ring (bicyclic) bond motifs is 1. The molecule has 1 saturated heterocycles. The van der Waals surface area contributed by atoms with E-state index in [0.717, 1.165) is 55.0 Å². The van der Waals surface area contributed by atoms with Gasteiger partial charge < -0.3 is 9.80 Å². The van der Waals surface area contributed by atoms with Crippen molar-refractivity contribution < 1.29 is 4.79 Å². The van der Waals surface area contributed by atoms with Crippen LogP contribution in [0.15, 0.2) is 24.3 Å². The highest BCUT2D eigenvalue weighted by atomic mass is 35.5. The van der Waals surface area contributed by atoms with Crippen molar-refractivity contribution >= 4 is 28.4 Å². The fourth-order valence-corrected chi connectivity index (χ4v) is 3.68. The zero-order valence-corrected chi connectivity index (χ0v) is 16.0. The van der Waals surface area contributed by atoms with Crippen LogP contribution < -0.4 is 0 Å². The molecule has 4 nitrogen and oxygen atoms in total. The van der Waals surface area contributed by atoms with Crippen molar-refractivity contribution in [3.8, 4) is 0 Å². The first-order chi connectivity index (χ1) is 11.9. The number of halogens is 1. The zero-order chi connectivity index (χ0) is 18.0. The molecule has 1 aromatic carbocycles. The lowest BCUT2D eigenvalue weighted by Gasteiger charge is -2.32. The summed E-state index contributed by atoms with van der Waals surface area (Å²) in [4.78, 5) is 21.8. The van der Waals surface area contributed by atoms with E-state index in [9.17, 15) is 4.79 Å². The van der Waals surface area contributed by atoms with Crippen molar-refractivity contribution in [3.63, 3.8) is 0 Å². The van der Waals surface area contributed by atoms with Gasteiger partial charge in [0.05, 0.1) is 16.8 Å². The Kier molecular flexibility index (Phi) is 5.60. The van der Waals surface area contributed by atoms with Crippen LogP contribution in [0.1, 0.15) is 35.3 Å². The molecular formula is C20H26ClN3O. The molecule has 1 aliphatic heterocycles. The molecule has 0 bridgehead atoms. The molecule has 2 heterocycles. The average Bonchev–Trinajstić information content (AvgIpc) is 2.59. The van der Waals surface area contributed by atoms with E-state index < -0.39 is 0 Å². The lowest BCUT2D eigenvalue weighted by atomic mass is 9.93. The summed E-state index contributed by atoms with van der Waals surface area (Å²) < 4.78 is 0. The number of benzene rings is 1. The summed E-state index contributed by atoms with van der Waals surface area (Å²) in [5.41, 5.74) is 2.36. The Hall–Kier alpha value is -1.65. The van der Waals surface area contributed by atoms with Crippen LogP contribution in [-0.2, 0) is 0 Å². The second-order valence-electron chi connectivity index (χ2n) is 7.29. The summed E-state index contributed by atoms with van der Waals surface area (Å²) in [6.45, 7) is 4.70. The summed E-state index contributed by atoms with van der Waals surface area (Å²) in [5, 5.41) is 1.58. The first kappa shape index (κ1) is 18.2. The molecule has 0 atom stereocenters. The van der Waals surface area contributed by atoms with Gasteiger partial charge in [0, 0.05) is 23.5 Å². The van der Waals surface area contributed by atoms with Crippen molar-refractivity contribution in [2.24, 2.45) is 5.92 Å². The highest BCUT2D eigenvalue weighted by Gasteiger charge is 2.25. The fraction of sp³-hybridized carbons (Fsp3) is 0.500. The number of pyridine rings is 1. The minimum Gasteiger partial charge on any atom is -0.339 e. The molecule has 0 radical (unpaired) electrons. The Morgan fingerprint density at radius 2 is 2.00 bits per heavy atom. The third-order valence-electron chi connectivity index (χ3n) is 5.08. The summed E-state index contributed by atoms with van der Waals surface area (Å²) in [6.07, 6.45) is 3.39. The summed E-state index contributed by atoms with van der Waals surface area (Å²) in [5.74, 6) is 0.819. The van der Waals surface area contributed by atoms with Gasteiger partial charge in [-0.1, -0.05) is 11.6 Å². The Morgan fingerprint density at radius 3 is 2.68 bits per heavy atom. The average molecular weight is 360 g/mol. The molecule has 2 aromatic rings. The molecule has 0 N–H and O–H groups in total. The van der Waals surface area contributed by atoms with Crippen LogP contribution in [0.4, 0.5) is 0 Å². The lowest BCUT2D eigenvalue weighted by Crippen LogP contribution is -2.39. The van der Waals surface area contributed by atoms with Gasteiger partial charge >= 0.3 is 0 Å². The summed E-state index contributed by atoms with van der Waals surface area (Å²) in [6, 6.07) is 7.53. The minimum atomic E-state index is 0.0953. The van der Waals surface area contributed by atoms with Crippen molar-refractivity contribution in [2.45, 2.75) is 26.2 Å². The largest absolute Gasteiger partial charge is 0.339 e. The molecule has 134 valence electrons. The number of carbonyl (C=O) groups is 1. The van der Waals surface area contributed by atoms with E-state index in [4.69, 9.17) is 11.6 Å². The summed E-state index contributed by atoms with van der Waals surface area (Å²) in [7, 11) is 4.22. The predicted octanol–water partition coefficient (Wildman–Crippen LogP) is 4.00. The number of hydrogen-bond acceptors (Lipinski definition) is 3. The van der Waals surface area contributed by atoms with E-state index in [0.29, 0.717) is 10.6 Å². The Labute approximate surface area is 154 Å². The number of hydrogen-bond donors (Lipinski definition) is 0. The van der Waals surface area contributed by atoms with Gasteiger partial charge in [0.1, 0.15) is 0 Å². The van der Waals surface area contributed by atoms with Gasteiger partial charge in [0.15, 0.2) is 0 Å². The number of carbonyl (C=O) groups excluding carboxylic acids is 1. The number of likely N-dealkylation sites (tertiary alicyclic amines) is 1. The van der Waals surface area contributed by atoms with Gasteiger partial charge in [-0.25, -0.2) is 0 Å². The molecule has 1 aliphatic rings. The van der Waals surface area contributed by atoms with Crippen molar-refractivity contribution in [2.75, 3.05) is 33.7 Å². The first-order valence-corrected chi connectivity index (χ1v) is 9.33. The van der Waals surface area contributed by atoms with Crippen LogP contribution in [0.3, 0.4) is 0 Å². The lowest BCUT2D eigenvalue weighted by molar-refractivity contribution is 0.0682. The quantitative estimate of drug-likeness (QED) is 0.827. The van der Waals surface area contributed by atoms with Crippen LogP contribution >= 0.6 is 11.6 Å². The Balaban J connectivity index is 1.71.